The average molecular weight is 219 g/mol. The maximum Gasteiger partial charge on any atom is 0.178 e. The largest absolute Gasteiger partial charge is 0.300 e. The average Bonchev–Trinajstić information content (AvgIpc) is 1.80. The third-order valence-corrected chi connectivity index (χ3v) is 0.610. The van der Waals surface area contributed by atoms with Crippen LogP contribution in [-0.4, -0.2) is 23.1 Å². The van der Waals surface area contributed by atoms with E-state index in [-0.39, 0.29) is 11.6 Å². The summed E-state index contributed by atoms with van der Waals surface area (Å²) in [6.45, 7) is 7.35. The molecule has 6 nitrogen and oxygen atoms in total. The lowest BCUT2D eigenvalue weighted by atomic mass is 10.3. The van der Waals surface area contributed by atoms with Crippen molar-refractivity contribution in [2.24, 2.45) is 17.2 Å². The van der Waals surface area contributed by atoms with E-state index in [0.717, 1.165) is 0 Å². The minimum absolute atomic E-state index is 0.167. The number of rotatable bonds is 1. The van der Waals surface area contributed by atoms with E-state index < -0.39 is 11.6 Å². The summed E-state index contributed by atoms with van der Waals surface area (Å²) >= 11 is 0. The molecule has 0 aliphatic carbocycles. The first-order valence-corrected chi connectivity index (χ1v) is 4.23. The van der Waals surface area contributed by atoms with Gasteiger partial charge in [-0.1, -0.05) is 0 Å². The van der Waals surface area contributed by atoms with E-state index in [9.17, 15) is 14.4 Å². The van der Waals surface area contributed by atoms with Gasteiger partial charge in [-0.2, -0.15) is 0 Å². The van der Waals surface area contributed by atoms with Gasteiger partial charge >= 0.3 is 0 Å². The molecule has 0 amide bonds. The van der Waals surface area contributed by atoms with Gasteiger partial charge in [-0.3, -0.25) is 22.0 Å². The Bertz CT molecular complexity index is 199. The van der Waals surface area contributed by atoms with Crippen LogP contribution in [-0.2, 0) is 14.4 Å². The molecule has 0 aliphatic rings. The van der Waals surface area contributed by atoms with Gasteiger partial charge in [0, 0.05) is 0 Å². The zero-order valence-corrected chi connectivity index (χ0v) is 9.96. The van der Waals surface area contributed by atoms with Crippen LogP contribution in [0.5, 0.6) is 0 Å². The standard InChI is InChI=1S/C3H9N3O.2C3H6O/c1-2(7)3(4,5)6;2*1-3(2)4/h4-6H2,1H3;2*1-2H3. The lowest BCUT2D eigenvalue weighted by molar-refractivity contribution is -0.121. The van der Waals surface area contributed by atoms with Crippen molar-refractivity contribution in [1.82, 2.24) is 0 Å². The summed E-state index contributed by atoms with van der Waals surface area (Å²) in [7, 11) is 0. The molecule has 0 aromatic heterocycles. The predicted molar refractivity (Wildman–Crippen MR) is 58.7 cm³/mol. The van der Waals surface area contributed by atoms with Crippen LogP contribution < -0.4 is 17.2 Å². The smallest absolute Gasteiger partial charge is 0.178 e. The summed E-state index contributed by atoms with van der Waals surface area (Å²) < 4.78 is 0. The highest BCUT2D eigenvalue weighted by Crippen LogP contribution is 1.75. The molecule has 0 fully saturated rings. The molecule has 6 N–H and O–H groups in total. The number of nitrogens with two attached hydrogens (primary N) is 3. The Morgan fingerprint density at radius 1 is 0.733 bits per heavy atom. The van der Waals surface area contributed by atoms with Crippen LogP contribution in [0.2, 0.25) is 0 Å². The van der Waals surface area contributed by atoms with Gasteiger partial charge < -0.3 is 9.59 Å². The summed E-state index contributed by atoms with van der Waals surface area (Å²) in [5.74, 6) is -1.73. The van der Waals surface area contributed by atoms with Crippen LogP contribution in [0.15, 0.2) is 0 Å². The van der Waals surface area contributed by atoms with E-state index in [2.05, 4.69) is 0 Å². The molecule has 0 aliphatic heterocycles. The summed E-state index contributed by atoms with van der Waals surface area (Å²) in [6.07, 6.45) is 0. The van der Waals surface area contributed by atoms with Crippen molar-refractivity contribution in [2.45, 2.75) is 40.4 Å². The third kappa shape index (κ3) is 63.9. The van der Waals surface area contributed by atoms with Crippen molar-refractivity contribution >= 4 is 17.3 Å². The third-order valence-electron chi connectivity index (χ3n) is 0.610. The Kier molecular flexibility index (Phi) is 12.3. The molecule has 6 heteroatoms. The number of carbonyl (C=O) groups is 3. The van der Waals surface area contributed by atoms with E-state index in [1.165, 1.54) is 34.6 Å². The van der Waals surface area contributed by atoms with Crippen molar-refractivity contribution in [1.29, 1.82) is 0 Å². The monoisotopic (exact) mass is 219 g/mol. The lowest BCUT2D eigenvalue weighted by Gasteiger charge is -2.12. The molecular weight excluding hydrogens is 198 g/mol. The van der Waals surface area contributed by atoms with Gasteiger partial charge in [0.1, 0.15) is 11.6 Å². The van der Waals surface area contributed by atoms with Crippen molar-refractivity contribution in [3.8, 4) is 0 Å². The van der Waals surface area contributed by atoms with E-state index in [4.69, 9.17) is 17.2 Å². The summed E-state index contributed by atoms with van der Waals surface area (Å²) in [4.78, 5) is 29.0. The number of hydrogen-bond acceptors (Lipinski definition) is 6. The number of hydrogen-bond donors (Lipinski definition) is 3. The van der Waals surface area contributed by atoms with E-state index in [1.807, 2.05) is 0 Å². The van der Waals surface area contributed by atoms with Crippen LogP contribution in [0.3, 0.4) is 0 Å². The van der Waals surface area contributed by atoms with Crippen molar-refractivity contribution in [3.05, 3.63) is 0 Å². The molecule has 0 radical (unpaired) electrons. The fourth-order valence-electron chi connectivity index (χ4n) is 0. The maximum atomic E-state index is 10.1. The first kappa shape index (κ1) is 19.5. The van der Waals surface area contributed by atoms with Crippen molar-refractivity contribution < 1.29 is 14.4 Å². The van der Waals surface area contributed by atoms with E-state index in [1.54, 1.807) is 0 Å². The molecule has 0 unspecified atom stereocenters. The van der Waals surface area contributed by atoms with Crippen LogP contribution >= 0.6 is 0 Å². The Hall–Kier alpha value is -1.11. The fourth-order valence-corrected chi connectivity index (χ4v) is 0. The second-order valence-electron chi connectivity index (χ2n) is 3.31. The molecule has 0 aromatic rings. The molecule has 0 bridgehead atoms. The first-order chi connectivity index (χ1) is 6.41. The molecule has 0 rings (SSSR count). The van der Waals surface area contributed by atoms with Crippen LogP contribution in [0.4, 0.5) is 0 Å². The van der Waals surface area contributed by atoms with E-state index in [0.29, 0.717) is 0 Å². The molecule has 0 spiro atoms. The molecular formula is C9H21N3O3. The van der Waals surface area contributed by atoms with Crippen molar-refractivity contribution in [3.63, 3.8) is 0 Å². The highest BCUT2D eigenvalue weighted by molar-refractivity contribution is 5.84. The molecule has 0 atom stereocenters. The molecule has 0 saturated heterocycles. The van der Waals surface area contributed by atoms with Gasteiger partial charge in [0.25, 0.3) is 0 Å². The highest BCUT2D eigenvalue weighted by Gasteiger charge is 2.16. The second-order valence-corrected chi connectivity index (χ2v) is 3.31. The summed E-state index contributed by atoms with van der Waals surface area (Å²) in [5, 5.41) is 0. The number of Topliss-reactive ketones (excluding diaryl/α,β-unsaturated/α-hetero) is 3. The number of ketones is 3. The molecule has 0 saturated carbocycles. The van der Waals surface area contributed by atoms with Gasteiger partial charge in [-0.15, -0.1) is 0 Å². The molecule has 0 aromatic carbocycles. The van der Waals surface area contributed by atoms with Gasteiger partial charge in [-0.05, 0) is 34.6 Å². The van der Waals surface area contributed by atoms with Gasteiger partial charge in [-0.25, -0.2) is 0 Å². The molecule has 0 heterocycles. The Morgan fingerprint density at radius 3 is 0.800 bits per heavy atom. The lowest BCUT2D eigenvalue weighted by Crippen LogP contribution is -2.63. The Morgan fingerprint density at radius 2 is 0.800 bits per heavy atom. The quantitative estimate of drug-likeness (QED) is 0.500. The highest BCUT2D eigenvalue weighted by atomic mass is 16.1. The summed E-state index contributed by atoms with van der Waals surface area (Å²) in [5.41, 5.74) is 14.7. The van der Waals surface area contributed by atoms with Crippen LogP contribution in [0, 0.1) is 0 Å². The number of carbonyl (C=O) groups excluding carboxylic acids is 3. The maximum absolute atomic E-state index is 10.1. The minimum Gasteiger partial charge on any atom is -0.300 e. The van der Waals surface area contributed by atoms with Crippen LogP contribution in [0.1, 0.15) is 34.6 Å². The molecule has 15 heavy (non-hydrogen) atoms. The normalized spacial score (nSPS) is 8.80. The SMILES string of the molecule is CC(=O)C(N)(N)N.CC(C)=O.CC(C)=O. The zero-order chi connectivity index (χ0) is 13.2. The Balaban J connectivity index is -0.000000155. The zero-order valence-electron chi connectivity index (χ0n) is 9.96. The first-order valence-electron chi connectivity index (χ1n) is 4.23. The predicted octanol–water partition coefficient (Wildman–Crippen LogP) is -0.704. The van der Waals surface area contributed by atoms with E-state index >= 15 is 0 Å². The van der Waals surface area contributed by atoms with Crippen LogP contribution in [0.25, 0.3) is 0 Å². The minimum atomic E-state index is -1.64. The second kappa shape index (κ2) is 9.45. The summed E-state index contributed by atoms with van der Waals surface area (Å²) in [6, 6.07) is 0. The van der Waals surface area contributed by atoms with Gasteiger partial charge in [0.15, 0.2) is 11.6 Å². The topological polar surface area (TPSA) is 129 Å². The van der Waals surface area contributed by atoms with Gasteiger partial charge in [0.05, 0.1) is 0 Å². The van der Waals surface area contributed by atoms with Gasteiger partial charge in [0.2, 0.25) is 0 Å². The fraction of sp³-hybridized carbons (Fsp3) is 0.667. The molecule has 90 valence electrons. The van der Waals surface area contributed by atoms with Crippen molar-refractivity contribution in [2.75, 3.05) is 0 Å². The Labute approximate surface area is 90.2 Å².